The third-order valence-electron chi connectivity index (χ3n) is 3.25. The maximum Gasteiger partial charge on any atom is 0.238 e. The Morgan fingerprint density at radius 1 is 1.52 bits per heavy atom. The fraction of sp³-hybridized carbons (Fsp3) is 0.583. The summed E-state index contributed by atoms with van der Waals surface area (Å²) >= 11 is 0. The summed E-state index contributed by atoms with van der Waals surface area (Å²) in [5.74, 6) is 0.193. The minimum Gasteiger partial charge on any atom is -0.471 e. The number of rotatable bonds is 5. The molecule has 1 aliphatic rings. The highest BCUT2D eigenvalue weighted by molar-refractivity contribution is 7.88. The molecule has 1 aliphatic heterocycles. The van der Waals surface area contributed by atoms with Gasteiger partial charge in [0.15, 0.2) is 0 Å². The van der Waals surface area contributed by atoms with E-state index in [-0.39, 0.29) is 18.6 Å². The summed E-state index contributed by atoms with van der Waals surface area (Å²) in [6, 6.07) is 0. The second-order valence-electron chi connectivity index (χ2n) is 4.93. The van der Waals surface area contributed by atoms with Crippen LogP contribution in [0.5, 0.6) is 5.88 Å². The second-order valence-corrected chi connectivity index (χ2v) is 7.02. The predicted octanol–water partition coefficient (Wildman–Crippen LogP) is -0.652. The largest absolute Gasteiger partial charge is 0.471 e. The first-order valence-electron chi connectivity index (χ1n) is 6.48. The molecule has 0 saturated carbocycles. The highest BCUT2D eigenvalue weighted by Gasteiger charge is 2.29. The van der Waals surface area contributed by atoms with E-state index in [0.717, 1.165) is 10.6 Å². The molecule has 21 heavy (non-hydrogen) atoms. The number of nitrogens with zero attached hydrogens (tertiary/aromatic N) is 4. The average molecular weight is 314 g/mol. The molecule has 0 radical (unpaired) electrons. The Morgan fingerprint density at radius 2 is 2.29 bits per heavy atom. The predicted molar refractivity (Wildman–Crippen MR) is 75.1 cm³/mol. The van der Waals surface area contributed by atoms with Crippen LogP contribution in [0.25, 0.3) is 0 Å². The number of aromatic nitrogens is 2. The van der Waals surface area contributed by atoms with Crippen LogP contribution in [-0.2, 0) is 14.8 Å². The first-order valence-corrected chi connectivity index (χ1v) is 8.33. The minimum atomic E-state index is -3.35. The number of sulfonamides is 1. The van der Waals surface area contributed by atoms with Crippen molar-refractivity contribution >= 4 is 15.9 Å². The van der Waals surface area contributed by atoms with Crippen molar-refractivity contribution in [3.8, 4) is 5.88 Å². The van der Waals surface area contributed by atoms with E-state index in [1.54, 1.807) is 11.1 Å². The van der Waals surface area contributed by atoms with Gasteiger partial charge in [-0.3, -0.25) is 9.78 Å². The molecule has 1 aromatic heterocycles. The quantitative estimate of drug-likeness (QED) is 0.717. The van der Waals surface area contributed by atoms with Crippen LogP contribution in [0, 0.1) is 0 Å². The van der Waals surface area contributed by atoms with Gasteiger partial charge < -0.3 is 9.64 Å². The first kappa shape index (κ1) is 15.6. The fourth-order valence-electron chi connectivity index (χ4n) is 1.98. The summed E-state index contributed by atoms with van der Waals surface area (Å²) in [6.07, 6.45) is 6.22. The van der Waals surface area contributed by atoms with Crippen molar-refractivity contribution in [3.05, 3.63) is 18.6 Å². The van der Waals surface area contributed by atoms with E-state index in [0.29, 0.717) is 25.4 Å². The van der Waals surface area contributed by atoms with Gasteiger partial charge in [0.25, 0.3) is 0 Å². The lowest BCUT2D eigenvalue weighted by Crippen LogP contribution is -2.40. The van der Waals surface area contributed by atoms with Crippen molar-refractivity contribution in [2.24, 2.45) is 0 Å². The van der Waals surface area contributed by atoms with Gasteiger partial charge in [0.05, 0.1) is 25.5 Å². The molecule has 9 heteroatoms. The molecule has 1 aromatic rings. The molecule has 2 heterocycles. The van der Waals surface area contributed by atoms with Crippen molar-refractivity contribution in [1.29, 1.82) is 0 Å². The van der Waals surface area contributed by atoms with Crippen molar-refractivity contribution in [3.63, 3.8) is 0 Å². The molecule has 8 nitrogen and oxygen atoms in total. The van der Waals surface area contributed by atoms with Gasteiger partial charge in [-0.15, -0.1) is 0 Å². The molecule has 1 atom stereocenters. The van der Waals surface area contributed by atoms with Gasteiger partial charge >= 0.3 is 0 Å². The van der Waals surface area contributed by atoms with E-state index in [1.807, 2.05) is 0 Å². The average Bonchev–Trinajstić information content (AvgIpc) is 2.87. The number of amides is 1. The maximum absolute atomic E-state index is 12.0. The molecule has 1 amide bonds. The molecule has 1 saturated heterocycles. The van der Waals surface area contributed by atoms with Crippen LogP contribution < -0.4 is 4.74 Å². The molecule has 0 aromatic carbocycles. The normalized spacial score (nSPS) is 19.0. The maximum atomic E-state index is 12.0. The van der Waals surface area contributed by atoms with E-state index >= 15 is 0 Å². The molecule has 116 valence electrons. The van der Waals surface area contributed by atoms with Gasteiger partial charge in [0.1, 0.15) is 6.10 Å². The number of likely N-dealkylation sites (tertiary alicyclic amines) is 1. The van der Waals surface area contributed by atoms with E-state index < -0.39 is 10.0 Å². The van der Waals surface area contributed by atoms with Gasteiger partial charge in [0.2, 0.25) is 21.8 Å². The number of ether oxygens (including phenoxy) is 1. The molecule has 0 spiro atoms. The Balaban J connectivity index is 1.86. The van der Waals surface area contributed by atoms with Crippen molar-refractivity contribution in [2.45, 2.75) is 12.5 Å². The zero-order valence-corrected chi connectivity index (χ0v) is 12.8. The fourth-order valence-corrected chi connectivity index (χ4v) is 2.32. The SMILES string of the molecule is CN(CC(=O)N1CCC(Oc2cnccn2)C1)S(C)(=O)=O. The standard InChI is InChI=1S/C12H18N4O4S/c1-15(21(2,18)19)9-12(17)16-6-3-10(8-16)20-11-7-13-4-5-14-11/h4-5,7,10H,3,6,8-9H2,1-2H3. The topological polar surface area (TPSA) is 92.7 Å². The zero-order chi connectivity index (χ0) is 15.5. The Morgan fingerprint density at radius 3 is 2.90 bits per heavy atom. The molecule has 1 fully saturated rings. The van der Waals surface area contributed by atoms with Crippen LogP contribution in [0.15, 0.2) is 18.6 Å². The van der Waals surface area contributed by atoms with Crippen molar-refractivity contribution in [1.82, 2.24) is 19.2 Å². The van der Waals surface area contributed by atoms with Crippen LogP contribution in [0.3, 0.4) is 0 Å². The third-order valence-corrected chi connectivity index (χ3v) is 4.51. The van der Waals surface area contributed by atoms with E-state index in [2.05, 4.69) is 9.97 Å². The summed E-state index contributed by atoms with van der Waals surface area (Å²) in [4.78, 5) is 21.6. The Kier molecular flexibility index (Phi) is 4.73. The summed E-state index contributed by atoms with van der Waals surface area (Å²) < 4.78 is 29.3. The Bertz CT molecular complexity index is 593. The highest BCUT2D eigenvalue weighted by Crippen LogP contribution is 2.15. The van der Waals surface area contributed by atoms with E-state index in [1.165, 1.54) is 19.4 Å². The van der Waals surface area contributed by atoms with Gasteiger partial charge in [-0.05, 0) is 0 Å². The first-order chi connectivity index (χ1) is 9.86. The van der Waals surface area contributed by atoms with Crippen LogP contribution in [-0.4, -0.2) is 72.5 Å². The molecule has 1 unspecified atom stereocenters. The van der Waals surface area contributed by atoms with Crippen LogP contribution in [0.2, 0.25) is 0 Å². The second kappa shape index (κ2) is 6.35. The molecular weight excluding hydrogens is 296 g/mol. The van der Waals surface area contributed by atoms with Gasteiger partial charge in [-0.25, -0.2) is 13.4 Å². The van der Waals surface area contributed by atoms with E-state index in [9.17, 15) is 13.2 Å². The number of carbonyl (C=O) groups excluding carboxylic acids is 1. The number of hydrogen-bond donors (Lipinski definition) is 0. The zero-order valence-electron chi connectivity index (χ0n) is 12.0. The number of hydrogen-bond acceptors (Lipinski definition) is 6. The van der Waals surface area contributed by atoms with Crippen molar-refractivity contribution < 1.29 is 17.9 Å². The summed E-state index contributed by atoms with van der Waals surface area (Å²) in [5.41, 5.74) is 0. The van der Waals surface area contributed by atoms with Gasteiger partial charge in [0, 0.05) is 32.4 Å². The summed E-state index contributed by atoms with van der Waals surface area (Å²) in [7, 11) is -1.97. The van der Waals surface area contributed by atoms with E-state index in [4.69, 9.17) is 4.74 Å². The van der Waals surface area contributed by atoms with Crippen LogP contribution in [0.4, 0.5) is 0 Å². The molecular formula is C12H18N4O4S. The van der Waals surface area contributed by atoms with Gasteiger partial charge in [-0.2, -0.15) is 4.31 Å². The van der Waals surface area contributed by atoms with Crippen LogP contribution >= 0.6 is 0 Å². The lowest BCUT2D eigenvalue weighted by atomic mass is 10.3. The Labute approximate surface area is 123 Å². The highest BCUT2D eigenvalue weighted by atomic mass is 32.2. The smallest absolute Gasteiger partial charge is 0.238 e. The Hall–Kier alpha value is -1.74. The molecule has 0 aliphatic carbocycles. The molecule has 0 N–H and O–H groups in total. The third kappa shape index (κ3) is 4.36. The number of likely N-dealkylation sites (N-methyl/N-ethyl adjacent to an activating group) is 1. The minimum absolute atomic E-state index is 0.144. The molecule has 2 rings (SSSR count). The summed E-state index contributed by atoms with van der Waals surface area (Å²) in [5, 5.41) is 0. The van der Waals surface area contributed by atoms with Gasteiger partial charge in [-0.1, -0.05) is 0 Å². The summed E-state index contributed by atoms with van der Waals surface area (Å²) in [6.45, 7) is 0.811. The lowest BCUT2D eigenvalue weighted by Gasteiger charge is -2.20. The van der Waals surface area contributed by atoms with Crippen LogP contribution in [0.1, 0.15) is 6.42 Å². The monoisotopic (exact) mass is 314 g/mol. The van der Waals surface area contributed by atoms with Crippen molar-refractivity contribution in [2.75, 3.05) is 32.9 Å². The lowest BCUT2D eigenvalue weighted by molar-refractivity contribution is -0.130. The molecule has 0 bridgehead atoms. The number of carbonyl (C=O) groups is 1.